The summed E-state index contributed by atoms with van der Waals surface area (Å²) in [5, 5.41) is 0.715. The fraction of sp³-hybridized carbons (Fsp3) is 1.00. The van der Waals surface area contributed by atoms with Crippen molar-refractivity contribution in [1.29, 1.82) is 0 Å². The predicted octanol–water partition coefficient (Wildman–Crippen LogP) is 1.35. The Kier molecular flexibility index (Phi) is 4.39. The highest BCUT2D eigenvalue weighted by molar-refractivity contribution is 9.09. The molecule has 72 valence electrons. The lowest BCUT2D eigenvalue weighted by molar-refractivity contribution is -0.0335. The average Bonchev–Trinajstić information content (AvgIpc) is 2.03. The van der Waals surface area contributed by atoms with Crippen molar-refractivity contribution < 1.29 is 13.5 Å². The molecular formula is C7H12BrF2NO. The zero-order valence-electron chi connectivity index (χ0n) is 6.68. The van der Waals surface area contributed by atoms with Crippen molar-refractivity contribution in [1.82, 2.24) is 4.90 Å². The van der Waals surface area contributed by atoms with Crippen molar-refractivity contribution in [2.45, 2.75) is 12.5 Å². The quantitative estimate of drug-likeness (QED) is 0.695. The molecule has 0 amide bonds. The van der Waals surface area contributed by atoms with Gasteiger partial charge in [0.25, 0.3) is 6.43 Å². The van der Waals surface area contributed by atoms with E-state index >= 15 is 0 Å². The van der Waals surface area contributed by atoms with Gasteiger partial charge in [0.15, 0.2) is 0 Å². The Balaban J connectivity index is 2.25. The van der Waals surface area contributed by atoms with E-state index in [0.29, 0.717) is 25.0 Å². The molecular weight excluding hydrogens is 232 g/mol. The average molecular weight is 244 g/mol. The van der Waals surface area contributed by atoms with Gasteiger partial charge < -0.3 is 4.74 Å². The summed E-state index contributed by atoms with van der Waals surface area (Å²) in [7, 11) is 0. The van der Waals surface area contributed by atoms with Crippen molar-refractivity contribution in [3.63, 3.8) is 0 Å². The van der Waals surface area contributed by atoms with Crippen LogP contribution in [0.25, 0.3) is 0 Å². The maximum atomic E-state index is 12.0. The van der Waals surface area contributed by atoms with E-state index in [1.165, 1.54) is 0 Å². The second-order valence-electron chi connectivity index (χ2n) is 2.80. The van der Waals surface area contributed by atoms with Gasteiger partial charge in [0.05, 0.1) is 19.3 Å². The Morgan fingerprint density at radius 1 is 1.58 bits per heavy atom. The summed E-state index contributed by atoms with van der Waals surface area (Å²) in [4.78, 5) is 1.74. The van der Waals surface area contributed by atoms with Crippen LogP contribution in [0.2, 0.25) is 0 Å². The molecule has 0 bridgehead atoms. The lowest BCUT2D eigenvalue weighted by atomic mass is 10.3. The molecule has 0 N–H and O–H groups in total. The molecule has 0 spiro atoms. The molecule has 1 atom stereocenters. The first-order chi connectivity index (χ1) is 5.72. The molecule has 0 aromatic rings. The van der Waals surface area contributed by atoms with Gasteiger partial charge in [0, 0.05) is 18.4 Å². The van der Waals surface area contributed by atoms with E-state index < -0.39 is 6.43 Å². The minimum absolute atomic E-state index is 0.0671. The minimum atomic E-state index is -2.24. The highest BCUT2D eigenvalue weighted by Crippen LogP contribution is 2.09. The number of hydrogen-bond donors (Lipinski definition) is 0. The highest BCUT2D eigenvalue weighted by Gasteiger charge is 2.21. The standard InChI is InChI=1S/C7H12BrF2NO/c8-3-6-4-11(1-2-12-6)5-7(9)10/h6-7H,1-5H2. The summed E-state index contributed by atoms with van der Waals surface area (Å²) in [5.41, 5.74) is 0. The van der Waals surface area contributed by atoms with E-state index in [4.69, 9.17) is 4.74 Å². The number of alkyl halides is 3. The third-order valence-electron chi connectivity index (χ3n) is 1.79. The zero-order chi connectivity index (χ0) is 8.97. The summed E-state index contributed by atoms with van der Waals surface area (Å²) in [5.74, 6) is 0. The molecule has 1 rings (SSSR count). The van der Waals surface area contributed by atoms with E-state index in [-0.39, 0.29) is 12.6 Å². The van der Waals surface area contributed by atoms with Gasteiger partial charge in [-0.1, -0.05) is 15.9 Å². The zero-order valence-corrected chi connectivity index (χ0v) is 8.27. The lowest BCUT2D eigenvalue weighted by Crippen LogP contribution is -2.44. The summed E-state index contributed by atoms with van der Waals surface area (Å²) >= 11 is 3.27. The van der Waals surface area contributed by atoms with E-state index in [1.54, 1.807) is 4.90 Å². The molecule has 0 aromatic carbocycles. The van der Waals surface area contributed by atoms with Gasteiger partial charge in [0.1, 0.15) is 0 Å². The van der Waals surface area contributed by atoms with Crippen LogP contribution in [-0.2, 0) is 4.74 Å². The smallest absolute Gasteiger partial charge is 0.251 e. The molecule has 0 aliphatic carbocycles. The number of morpholine rings is 1. The number of ether oxygens (including phenoxy) is 1. The second-order valence-corrected chi connectivity index (χ2v) is 3.45. The predicted molar refractivity (Wildman–Crippen MR) is 46.0 cm³/mol. The molecule has 1 fully saturated rings. The van der Waals surface area contributed by atoms with Crippen LogP contribution in [-0.4, -0.2) is 49.0 Å². The van der Waals surface area contributed by atoms with Crippen molar-refractivity contribution >= 4 is 15.9 Å². The van der Waals surface area contributed by atoms with Crippen LogP contribution in [0.15, 0.2) is 0 Å². The second kappa shape index (κ2) is 5.09. The molecule has 1 heterocycles. The summed E-state index contributed by atoms with van der Waals surface area (Å²) < 4.78 is 29.2. The Hall–Kier alpha value is 0.260. The third-order valence-corrected chi connectivity index (χ3v) is 2.51. The molecule has 2 nitrogen and oxygen atoms in total. The molecule has 12 heavy (non-hydrogen) atoms. The molecule has 0 saturated carbocycles. The van der Waals surface area contributed by atoms with Crippen LogP contribution >= 0.6 is 15.9 Å². The van der Waals surface area contributed by atoms with Gasteiger partial charge in [-0.15, -0.1) is 0 Å². The summed E-state index contributed by atoms with van der Waals surface area (Å²) in [6, 6.07) is 0. The van der Waals surface area contributed by atoms with Crippen molar-refractivity contribution in [3.05, 3.63) is 0 Å². The molecule has 1 saturated heterocycles. The largest absolute Gasteiger partial charge is 0.375 e. The SMILES string of the molecule is FC(F)CN1CCOC(CBr)C1. The first kappa shape index (κ1) is 10.3. The maximum absolute atomic E-state index is 12.0. The fourth-order valence-electron chi connectivity index (χ4n) is 1.23. The van der Waals surface area contributed by atoms with Gasteiger partial charge in [0.2, 0.25) is 0 Å². The van der Waals surface area contributed by atoms with Crippen molar-refractivity contribution in [3.8, 4) is 0 Å². The monoisotopic (exact) mass is 243 g/mol. The Morgan fingerprint density at radius 3 is 2.92 bits per heavy atom. The number of hydrogen-bond acceptors (Lipinski definition) is 2. The normalized spacial score (nSPS) is 26.5. The van der Waals surface area contributed by atoms with E-state index in [2.05, 4.69) is 15.9 Å². The van der Waals surface area contributed by atoms with Gasteiger partial charge in [-0.3, -0.25) is 4.90 Å². The van der Waals surface area contributed by atoms with E-state index in [9.17, 15) is 8.78 Å². The molecule has 1 aliphatic rings. The Bertz CT molecular complexity index is 137. The van der Waals surface area contributed by atoms with E-state index in [1.807, 2.05) is 0 Å². The van der Waals surface area contributed by atoms with Crippen molar-refractivity contribution in [2.24, 2.45) is 0 Å². The number of halogens is 3. The highest BCUT2D eigenvalue weighted by atomic mass is 79.9. The Morgan fingerprint density at radius 2 is 2.33 bits per heavy atom. The minimum Gasteiger partial charge on any atom is -0.375 e. The lowest BCUT2D eigenvalue weighted by Gasteiger charge is -2.31. The van der Waals surface area contributed by atoms with E-state index in [0.717, 1.165) is 0 Å². The third kappa shape index (κ3) is 3.33. The number of nitrogens with zero attached hydrogens (tertiary/aromatic N) is 1. The molecule has 1 aliphatic heterocycles. The van der Waals surface area contributed by atoms with Gasteiger partial charge >= 0.3 is 0 Å². The number of rotatable bonds is 3. The van der Waals surface area contributed by atoms with Crippen LogP contribution in [0.4, 0.5) is 8.78 Å². The maximum Gasteiger partial charge on any atom is 0.251 e. The van der Waals surface area contributed by atoms with Crippen LogP contribution < -0.4 is 0 Å². The first-order valence-corrected chi connectivity index (χ1v) is 5.02. The Labute approximate surface area is 79.0 Å². The summed E-state index contributed by atoms with van der Waals surface area (Å²) in [6.07, 6.45) is -2.17. The van der Waals surface area contributed by atoms with Gasteiger partial charge in [-0.2, -0.15) is 0 Å². The van der Waals surface area contributed by atoms with Crippen LogP contribution in [0.3, 0.4) is 0 Å². The van der Waals surface area contributed by atoms with Crippen LogP contribution in [0.5, 0.6) is 0 Å². The van der Waals surface area contributed by atoms with Crippen LogP contribution in [0.1, 0.15) is 0 Å². The topological polar surface area (TPSA) is 12.5 Å². The fourth-order valence-corrected chi connectivity index (χ4v) is 1.63. The molecule has 0 aromatic heterocycles. The van der Waals surface area contributed by atoms with Gasteiger partial charge in [-0.05, 0) is 0 Å². The van der Waals surface area contributed by atoms with Crippen molar-refractivity contribution in [2.75, 3.05) is 31.6 Å². The molecule has 1 unspecified atom stereocenters. The van der Waals surface area contributed by atoms with Crippen LogP contribution in [0, 0.1) is 0 Å². The molecule has 0 radical (unpaired) electrons. The van der Waals surface area contributed by atoms with Gasteiger partial charge in [-0.25, -0.2) is 8.78 Å². The summed E-state index contributed by atoms with van der Waals surface area (Å²) in [6.45, 7) is 1.65. The molecule has 5 heteroatoms. The first-order valence-electron chi connectivity index (χ1n) is 3.90.